The van der Waals surface area contributed by atoms with Crippen molar-refractivity contribution in [1.82, 2.24) is 0 Å². The van der Waals surface area contributed by atoms with E-state index in [1.54, 1.807) is 5.56 Å². The number of hydrogen-bond acceptors (Lipinski definition) is 0. The molecule has 138 valence electrons. The average Bonchev–Trinajstić information content (AvgIpc) is 2.66. The van der Waals surface area contributed by atoms with E-state index in [9.17, 15) is 0 Å². The Morgan fingerprint density at radius 2 is 2.00 bits per heavy atom. The Bertz CT molecular complexity index is 837. The van der Waals surface area contributed by atoms with Crippen LogP contribution in [0.3, 0.4) is 0 Å². The fourth-order valence-corrected chi connectivity index (χ4v) is 6.42. The molecule has 5 rings (SSSR count). The molecule has 0 heterocycles. The number of rotatable bonds is 4. The third-order valence-corrected chi connectivity index (χ3v) is 8.34. The quantitative estimate of drug-likeness (QED) is 0.560. The van der Waals surface area contributed by atoms with Crippen molar-refractivity contribution in [3.05, 3.63) is 60.2 Å². The summed E-state index contributed by atoms with van der Waals surface area (Å²) in [5, 5.41) is 2.87. The molecule has 0 spiro atoms. The van der Waals surface area contributed by atoms with Crippen LogP contribution < -0.4 is 18.9 Å². The van der Waals surface area contributed by atoms with Gasteiger partial charge in [0.2, 0.25) is 0 Å². The second-order valence-corrected chi connectivity index (χ2v) is 9.63. The summed E-state index contributed by atoms with van der Waals surface area (Å²) in [7, 11) is 0. The van der Waals surface area contributed by atoms with E-state index in [2.05, 4.69) is 76.7 Å². The largest absolute Gasteiger partial charge is 1.00 e. The third-order valence-electron chi connectivity index (χ3n) is 8.34. The molecule has 3 saturated carbocycles. The maximum Gasteiger partial charge on any atom is 1.00 e. The van der Waals surface area contributed by atoms with Crippen molar-refractivity contribution in [3.63, 3.8) is 0 Å². The van der Waals surface area contributed by atoms with E-state index in [0.29, 0.717) is 22.7 Å². The summed E-state index contributed by atoms with van der Waals surface area (Å²) < 4.78 is 0. The number of aryl methyl sites for hydroxylation is 1. The van der Waals surface area contributed by atoms with Gasteiger partial charge >= 0.3 is 18.9 Å². The normalized spacial score (nSPS) is 33.5. The summed E-state index contributed by atoms with van der Waals surface area (Å²) in [6.07, 6.45) is 8.82. The van der Waals surface area contributed by atoms with E-state index in [1.807, 2.05) is 0 Å². The molecule has 3 aliphatic rings. The van der Waals surface area contributed by atoms with Gasteiger partial charge in [0.15, 0.2) is 0 Å². The van der Waals surface area contributed by atoms with Crippen LogP contribution in [-0.2, 0) is 6.42 Å². The maximum atomic E-state index is 4.16. The summed E-state index contributed by atoms with van der Waals surface area (Å²) in [6, 6.07) is 14.0. The van der Waals surface area contributed by atoms with Crippen LogP contribution >= 0.6 is 0 Å². The zero-order valence-corrected chi connectivity index (χ0v) is 18.0. The van der Waals surface area contributed by atoms with Crippen molar-refractivity contribution in [2.75, 3.05) is 0 Å². The first kappa shape index (κ1) is 20.8. The van der Waals surface area contributed by atoms with E-state index in [0.717, 1.165) is 12.3 Å². The molecule has 0 aromatic heterocycles. The molecule has 2 aromatic rings. The Labute approximate surface area is 178 Å². The Hall–Kier alpha value is -0.963. The monoisotopic (exact) mass is 353 g/mol. The summed E-state index contributed by atoms with van der Waals surface area (Å²) >= 11 is 0. The molecule has 0 N–H and O–H groups in total. The van der Waals surface area contributed by atoms with Gasteiger partial charge in [0.05, 0.1) is 0 Å². The molecule has 0 amide bonds. The topological polar surface area (TPSA) is 0 Å². The first-order valence-corrected chi connectivity index (χ1v) is 10.6. The first-order valence-electron chi connectivity index (χ1n) is 10.6. The molecule has 27 heavy (non-hydrogen) atoms. The average molecular weight is 353 g/mol. The molecule has 1 unspecified atom stereocenters. The van der Waals surface area contributed by atoms with Crippen LogP contribution in [0.4, 0.5) is 0 Å². The fourth-order valence-electron chi connectivity index (χ4n) is 6.42. The minimum absolute atomic E-state index is 0. The van der Waals surface area contributed by atoms with Gasteiger partial charge < -0.3 is 0 Å². The zero-order valence-electron chi connectivity index (χ0n) is 18.0. The molecule has 0 saturated heterocycles. The van der Waals surface area contributed by atoms with E-state index in [4.69, 9.17) is 0 Å². The molecule has 3 aliphatic carbocycles. The molecular formula is C26H34Li+. The Morgan fingerprint density at radius 1 is 1.22 bits per heavy atom. The maximum absolute atomic E-state index is 4.16. The SMILES string of the molecule is C=C[C@@H]1CC2CC[C@@]1(C)C[C@]2(C)[C@@H](C)c1cccc2ccc(CC)cc12.[Li+]. The fraction of sp³-hybridized carbons (Fsp3) is 0.538. The van der Waals surface area contributed by atoms with Gasteiger partial charge in [-0.3, -0.25) is 0 Å². The van der Waals surface area contributed by atoms with Crippen LogP contribution in [0.2, 0.25) is 0 Å². The van der Waals surface area contributed by atoms with Crippen molar-refractivity contribution >= 4 is 10.8 Å². The molecule has 3 fully saturated rings. The van der Waals surface area contributed by atoms with E-state index < -0.39 is 0 Å². The smallest absolute Gasteiger partial charge is 0.103 e. The molecule has 2 bridgehead atoms. The molecule has 2 aromatic carbocycles. The molecule has 0 aliphatic heterocycles. The Morgan fingerprint density at radius 3 is 2.67 bits per heavy atom. The van der Waals surface area contributed by atoms with Gasteiger partial charge in [-0.25, -0.2) is 0 Å². The summed E-state index contributed by atoms with van der Waals surface area (Å²) in [4.78, 5) is 0. The third kappa shape index (κ3) is 3.24. The summed E-state index contributed by atoms with van der Waals surface area (Å²) in [5.41, 5.74) is 3.85. The van der Waals surface area contributed by atoms with Gasteiger partial charge in [0.1, 0.15) is 0 Å². The molecule has 0 radical (unpaired) electrons. The predicted molar refractivity (Wildman–Crippen MR) is 114 cm³/mol. The minimum Gasteiger partial charge on any atom is -0.103 e. The molecule has 0 nitrogen and oxygen atoms in total. The van der Waals surface area contributed by atoms with Crippen LogP contribution in [0, 0.1) is 22.7 Å². The number of hydrogen-bond donors (Lipinski definition) is 0. The number of allylic oxidation sites excluding steroid dienone is 1. The predicted octanol–water partition coefficient (Wildman–Crippen LogP) is 4.53. The van der Waals surface area contributed by atoms with Crippen LogP contribution in [0.1, 0.15) is 70.4 Å². The van der Waals surface area contributed by atoms with Gasteiger partial charge in [-0.15, -0.1) is 6.58 Å². The zero-order chi connectivity index (χ0) is 18.5. The second kappa shape index (κ2) is 7.46. The van der Waals surface area contributed by atoms with Gasteiger partial charge in [-0.2, -0.15) is 0 Å². The van der Waals surface area contributed by atoms with Crippen molar-refractivity contribution in [3.8, 4) is 0 Å². The minimum atomic E-state index is 0. The molecule has 1 heteroatoms. The van der Waals surface area contributed by atoms with Crippen molar-refractivity contribution < 1.29 is 18.9 Å². The second-order valence-electron chi connectivity index (χ2n) is 9.63. The molecule has 5 atom stereocenters. The van der Waals surface area contributed by atoms with Gasteiger partial charge in [0.25, 0.3) is 0 Å². The van der Waals surface area contributed by atoms with Crippen LogP contribution in [-0.4, -0.2) is 0 Å². The Balaban J connectivity index is 0.00000210. The van der Waals surface area contributed by atoms with Gasteiger partial charge in [-0.1, -0.05) is 70.2 Å². The van der Waals surface area contributed by atoms with E-state index in [-0.39, 0.29) is 18.9 Å². The first-order chi connectivity index (χ1) is 12.4. The summed E-state index contributed by atoms with van der Waals surface area (Å²) in [5.74, 6) is 2.13. The van der Waals surface area contributed by atoms with Crippen LogP contribution in [0.15, 0.2) is 49.1 Å². The van der Waals surface area contributed by atoms with E-state index >= 15 is 0 Å². The van der Waals surface area contributed by atoms with E-state index in [1.165, 1.54) is 42.0 Å². The van der Waals surface area contributed by atoms with Crippen molar-refractivity contribution in [1.29, 1.82) is 0 Å². The van der Waals surface area contributed by atoms with Gasteiger partial charge in [0, 0.05) is 0 Å². The van der Waals surface area contributed by atoms with Crippen LogP contribution in [0.5, 0.6) is 0 Å². The number of benzene rings is 2. The Kier molecular flexibility index (Phi) is 5.74. The van der Waals surface area contributed by atoms with Crippen molar-refractivity contribution in [2.24, 2.45) is 22.7 Å². The summed E-state index contributed by atoms with van der Waals surface area (Å²) in [6.45, 7) is 14.0. The van der Waals surface area contributed by atoms with Crippen LogP contribution in [0.25, 0.3) is 10.8 Å². The van der Waals surface area contributed by atoms with Gasteiger partial charge in [-0.05, 0) is 82.6 Å². The molecular weight excluding hydrogens is 319 g/mol. The number of fused-ring (bicyclic) bond motifs is 4. The van der Waals surface area contributed by atoms with Crippen molar-refractivity contribution in [2.45, 2.75) is 65.7 Å². The standard InChI is InChI=1S/C26H34.Li/c1-6-19-11-12-20-9-8-10-23(24(20)15-19)18(3)26(5)17-25(4)14-13-22(26)16-21(25)7-2;/h7-12,15,18,21-22H,2,6,13-14,16-17H2,1,3-5H3;/q;+1/t18-,21+,22?,25-,26+;/m0./s1.